The van der Waals surface area contributed by atoms with Crippen molar-refractivity contribution in [3.63, 3.8) is 0 Å². The van der Waals surface area contributed by atoms with Crippen LogP contribution in [-0.2, 0) is 19.1 Å². The fourth-order valence-electron chi connectivity index (χ4n) is 1.64. The summed E-state index contributed by atoms with van der Waals surface area (Å²) in [7, 11) is 0. The highest BCUT2D eigenvalue weighted by molar-refractivity contribution is 6.01. The molecule has 0 spiro atoms. The van der Waals surface area contributed by atoms with E-state index in [2.05, 4.69) is 0 Å². The zero-order chi connectivity index (χ0) is 15.3. The number of carbonyl (C=O) groups excluding carboxylic acids is 2. The monoisotopic (exact) mass is 282 g/mol. The number of esters is 1. The maximum Gasteiger partial charge on any atom is 0.327 e. The second kappa shape index (κ2) is 6.97. The summed E-state index contributed by atoms with van der Waals surface area (Å²) in [4.78, 5) is 33.7. The number of carboxylic acid groups (broad SMARTS) is 1. The number of nitrogens with two attached hydrogens (primary N) is 2. The van der Waals surface area contributed by atoms with E-state index in [1.54, 1.807) is 12.2 Å². The summed E-state index contributed by atoms with van der Waals surface area (Å²) < 4.78 is 5.02. The molecule has 0 saturated heterocycles. The van der Waals surface area contributed by atoms with Gasteiger partial charge < -0.3 is 21.3 Å². The molecule has 0 aromatic rings. The molecule has 0 radical (unpaired) electrons. The molecule has 0 amide bonds. The Balaban J connectivity index is 2.55. The molecule has 0 heterocycles. The molecule has 0 aliphatic heterocycles. The van der Waals surface area contributed by atoms with Crippen molar-refractivity contribution < 1.29 is 24.2 Å². The summed E-state index contributed by atoms with van der Waals surface area (Å²) in [6, 6.07) is -1.77. The molecule has 1 aliphatic carbocycles. The number of ketones is 1. The van der Waals surface area contributed by atoms with Gasteiger partial charge >= 0.3 is 11.9 Å². The Morgan fingerprint density at radius 2 is 1.95 bits per heavy atom. The number of ether oxygens (including phenoxy) is 1. The average Bonchev–Trinajstić information content (AvgIpc) is 2.37. The van der Waals surface area contributed by atoms with Crippen molar-refractivity contribution in [2.24, 2.45) is 11.5 Å². The largest absolute Gasteiger partial charge is 0.481 e. The number of allylic oxidation sites excluding steroid dienone is 2. The first-order valence-electron chi connectivity index (χ1n) is 6.18. The SMILES string of the molecule is C[C@H](N)C(=O)OC1=CCC(C(=O)[C@H](N)CC(=O)O)=CC1. The standard InChI is InChI=1S/C13H18N2O5/c1-7(14)13(19)20-9-4-2-8(3-5-9)12(18)10(15)6-11(16)17/h2,5,7,10H,3-4,6,14-15H2,1H3,(H,16,17)/t7-,10+/m0/s1. The van der Waals surface area contributed by atoms with Gasteiger partial charge in [0.1, 0.15) is 11.8 Å². The van der Waals surface area contributed by atoms with E-state index in [0.717, 1.165) is 0 Å². The molecule has 0 unspecified atom stereocenters. The van der Waals surface area contributed by atoms with E-state index in [1.165, 1.54) is 6.92 Å². The summed E-state index contributed by atoms with van der Waals surface area (Å²) in [6.07, 6.45) is 3.31. The Kier molecular flexibility index (Phi) is 5.60. The van der Waals surface area contributed by atoms with Crippen molar-refractivity contribution in [1.82, 2.24) is 0 Å². The molecule has 0 aromatic heterocycles. The van der Waals surface area contributed by atoms with E-state index in [-0.39, 0.29) is 12.8 Å². The van der Waals surface area contributed by atoms with Crippen molar-refractivity contribution >= 4 is 17.7 Å². The second-order valence-electron chi connectivity index (χ2n) is 4.59. The van der Waals surface area contributed by atoms with Gasteiger partial charge in [0.05, 0.1) is 12.5 Å². The van der Waals surface area contributed by atoms with Crippen LogP contribution >= 0.6 is 0 Å². The zero-order valence-electron chi connectivity index (χ0n) is 11.2. The van der Waals surface area contributed by atoms with Crippen LogP contribution in [0.2, 0.25) is 0 Å². The Morgan fingerprint density at radius 1 is 1.30 bits per heavy atom. The highest BCUT2D eigenvalue weighted by atomic mass is 16.5. The summed E-state index contributed by atoms with van der Waals surface area (Å²) in [5, 5.41) is 8.59. The molecule has 5 N–H and O–H groups in total. The van der Waals surface area contributed by atoms with Crippen LogP contribution in [-0.4, -0.2) is 34.9 Å². The highest BCUT2D eigenvalue weighted by Gasteiger charge is 2.22. The summed E-state index contributed by atoms with van der Waals surface area (Å²) in [5.74, 6) is -1.64. The molecular weight excluding hydrogens is 264 g/mol. The molecular formula is C13H18N2O5. The van der Waals surface area contributed by atoms with E-state index in [0.29, 0.717) is 11.3 Å². The lowest BCUT2D eigenvalue weighted by Crippen LogP contribution is -2.34. The summed E-state index contributed by atoms with van der Waals surface area (Å²) in [6.45, 7) is 1.52. The second-order valence-corrected chi connectivity index (χ2v) is 4.59. The van der Waals surface area contributed by atoms with Crippen LogP contribution in [0.4, 0.5) is 0 Å². The molecule has 1 aliphatic rings. The molecule has 1 rings (SSSR count). The van der Waals surface area contributed by atoms with Gasteiger partial charge in [0.15, 0.2) is 5.78 Å². The predicted molar refractivity (Wildman–Crippen MR) is 70.4 cm³/mol. The highest BCUT2D eigenvalue weighted by Crippen LogP contribution is 2.20. The third-order valence-corrected chi connectivity index (χ3v) is 2.75. The number of rotatable bonds is 6. The van der Waals surface area contributed by atoms with Gasteiger partial charge in [-0.2, -0.15) is 0 Å². The number of hydrogen-bond donors (Lipinski definition) is 3. The number of aliphatic carboxylic acids is 1. The summed E-state index contributed by atoms with van der Waals surface area (Å²) >= 11 is 0. The maximum atomic E-state index is 11.9. The Morgan fingerprint density at radius 3 is 2.40 bits per heavy atom. The van der Waals surface area contributed by atoms with E-state index in [4.69, 9.17) is 21.3 Å². The van der Waals surface area contributed by atoms with Gasteiger partial charge in [-0.3, -0.25) is 9.59 Å². The van der Waals surface area contributed by atoms with Crippen molar-refractivity contribution in [3.05, 3.63) is 23.5 Å². The molecule has 20 heavy (non-hydrogen) atoms. The van der Waals surface area contributed by atoms with Gasteiger partial charge in [0.25, 0.3) is 0 Å². The van der Waals surface area contributed by atoms with E-state index in [9.17, 15) is 14.4 Å². The van der Waals surface area contributed by atoms with Crippen LogP contribution in [0.15, 0.2) is 23.5 Å². The number of carboxylic acids is 1. The van der Waals surface area contributed by atoms with Gasteiger partial charge in [0.2, 0.25) is 0 Å². The summed E-state index contributed by atoms with van der Waals surface area (Å²) in [5.41, 5.74) is 11.3. The van der Waals surface area contributed by atoms with Gasteiger partial charge in [-0.05, 0) is 25.0 Å². The van der Waals surface area contributed by atoms with Crippen molar-refractivity contribution in [1.29, 1.82) is 0 Å². The van der Waals surface area contributed by atoms with E-state index < -0.39 is 36.2 Å². The molecule has 110 valence electrons. The number of Topliss-reactive ketones (excluding diaryl/α,β-unsaturated/α-hetero) is 1. The van der Waals surface area contributed by atoms with Crippen LogP contribution in [0.25, 0.3) is 0 Å². The normalized spacial score (nSPS) is 17.6. The first-order valence-corrected chi connectivity index (χ1v) is 6.18. The minimum atomic E-state index is -1.12. The van der Waals surface area contributed by atoms with Crippen LogP contribution in [0, 0.1) is 0 Å². The van der Waals surface area contributed by atoms with Crippen molar-refractivity contribution in [3.8, 4) is 0 Å². The third kappa shape index (κ3) is 4.60. The Bertz CT molecular complexity index is 479. The van der Waals surface area contributed by atoms with Gasteiger partial charge in [-0.1, -0.05) is 6.08 Å². The fourth-order valence-corrected chi connectivity index (χ4v) is 1.64. The Labute approximate surface area is 116 Å². The average molecular weight is 282 g/mol. The quantitative estimate of drug-likeness (QED) is 0.577. The maximum absolute atomic E-state index is 11.9. The smallest absolute Gasteiger partial charge is 0.327 e. The minimum Gasteiger partial charge on any atom is -0.481 e. The predicted octanol–water partition coefficient (Wildman–Crippen LogP) is -0.148. The topological polar surface area (TPSA) is 133 Å². The molecule has 7 heteroatoms. The number of hydrogen-bond acceptors (Lipinski definition) is 6. The molecule has 2 atom stereocenters. The van der Waals surface area contributed by atoms with Gasteiger partial charge in [-0.25, -0.2) is 4.79 Å². The van der Waals surface area contributed by atoms with Crippen molar-refractivity contribution in [2.45, 2.75) is 38.3 Å². The first kappa shape index (κ1) is 16.1. The molecule has 0 aromatic carbocycles. The lowest BCUT2D eigenvalue weighted by molar-refractivity contribution is -0.141. The zero-order valence-corrected chi connectivity index (χ0v) is 11.2. The van der Waals surface area contributed by atoms with Crippen molar-refractivity contribution in [2.75, 3.05) is 0 Å². The van der Waals surface area contributed by atoms with Crippen LogP contribution in [0.1, 0.15) is 26.2 Å². The molecule has 7 nitrogen and oxygen atoms in total. The first-order chi connectivity index (χ1) is 9.31. The van der Waals surface area contributed by atoms with Crippen LogP contribution in [0.5, 0.6) is 0 Å². The van der Waals surface area contributed by atoms with Gasteiger partial charge in [0, 0.05) is 6.42 Å². The van der Waals surface area contributed by atoms with Crippen LogP contribution < -0.4 is 11.5 Å². The van der Waals surface area contributed by atoms with E-state index in [1.807, 2.05) is 0 Å². The lowest BCUT2D eigenvalue weighted by Gasteiger charge is -2.16. The molecule has 0 saturated carbocycles. The molecule has 0 fully saturated rings. The minimum absolute atomic E-state index is 0.258. The third-order valence-electron chi connectivity index (χ3n) is 2.75. The Hall–Kier alpha value is -1.99. The van der Waals surface area contributed by atoms with Gasteiger partial charge in [-0.15, -0.1) is 0 Å². The van der Waals surface area contributed by atoms with E-state index >= 15 is 0 Å². The number of carbonyl (C=O) groups is 3. The fraction of sp³-hybridized carbons (Fsp3) is 0.462. The van der Waals surface area contributed by atoms with Crippen LogP contribution in [0.3, 0.4) is 0 Å². The molecule has 0 bridgehead atoms. The lowest BCUT2D eigenvalue weighted by atomic mass is 9.95.